The second-order valence-electron chi connectivity index (χ2n) is 4.72. The normalized spacial score (nSPS) is 12.7. The number of unbranched alkanes of at least 4 members (excludes halogenated alkanes) is 1. The SMILES string of the molecule is CCCCC(N)C(=O)O.NC(Cc1ccccc1)C(=O)O. The van der Waals surface area contributed by atoms with Crippen LogP contribution in [-0.4, -0.2) is 34.2 Å². The summed E-state index contributed by atoms with van der Waals surface area (Å²) in [6, 6.07) is 7.88. The highest BCUT2D eigenvalue weighted by atomic mass is 16.4. The maximum atomic E-state index is 10.4. The van der Waals surface area contributed by atoms with E-state index in [1.165, 1.54) is 0 Å². The van der Waals surface area contributed by atoms with E-state index in [1.807, 2.05) is 37.3 Å². The quantitative estimate of drug-likeness (QED) is 0.599. The molecule has 0 spiro atoms. The molecule has 6 N–H and O–H groups in total. The molecule has 0 aromatic heterocycles. The molecule has 6 nitrogen and oxygen atoms in total. The first kappa shape index (κ1) is 19.1. The van der Waals surface area contributed by atoms with Crippen LogP contribution in [0.4, 0.5) is 0 Å². The Hall–Kier alpha value is -1.92. The molecule has 118 valence electrons. The van der Waals surface area contributed by atoms with Crippen molar-refractivity contribution in [2.24, 2.45) is 11.5 Å². The van der Waals surface area contributed by atoms with Crippen molar-refractivity contribution < 1.29 is 19.8 Å². The van der Waals surface area contributed by atoms with Crippen LogP contribution in [0.15, 0.2) is 30.3 Å². The molecule has 2 unspecified atom stereocenters. The van der Waals surface area contributed by atoms with Gasteiger partial charge in [0, 0.05) is 0 Å². The Morgan fingerprint density at radius 3 is 2.00 bits per heavy atom. The van der Waals surface area contributed by atoms with Gasteiger partial charge in [-0.1, -0.05) is 50.1 Å². The second kappa shape index (κ2) is 10.8. The van der Waals surface area contributed by atoms with Gasteiger partial charge in [0.1, 0.15) is 12.1 Å². The standard InChI is InChI=1S/C9H11NO2.C6H13NO2/c10-8(9(11)12)6-7-4-2-1-3-5-7;1-2-3-4-5(7)6(8)9/h1-5,8H,6,10H2,(H,11,12);5H,2-4,7H2,1H3,(H,8,9). The molecule has 0 aliphatic heterocycles. The molecule has 0 radical (unpaired) electrons. The van der Waals surface area contributed by atoms with Gasteiger partial charge >= 0.3 is 11.9 Å². The fourth-order valence-electron chi connectivity index (χ4n) is 1.50. The number of hydrogen-bond acceptors (Lipinski definition) is 4. The Morgan fingerprint density at radius 1 is 1.05 bits per heavy atom. The molecule has 0 aliphatic carbocycles. The molecule has 0 saturated heterocycles. The smallest absolute Gasteiger partial charge is 0.320 e. The molecule has 0 bridgehead atoms. The summed E-state index contributed by atoms with van der Waals surface area (Å²) in [5, 5.41) is 16.8. The van der Waals surface area contributed by atoms with Gasteiger partial charge in [-0.2, -0.15) is 0 Å². The zero-order valence-corrected chi connectivity index (χ0v) is 12.2. The molecule has 0 heterocycles. The molecule has 0 amide bonds. The first-order valence-electron chi connectivity index (χ1n) is 6.89. The van der Waals surface area contributed by atoms with E-state index in [4.69, 9.17) is 21.7 Å². The van der Waals surface area contributed by atoms with Crippen molar-refractivity contribution in [3.8, 4) is 0 Å². The molecule has 0 fully saturated rings. The lowest BCUT2D eigenvalue weighted by molar-refractivity contribution is -0.139. The van der Waals surface area contributed by atoms with E-state index in [1.54, 1.807) is 0 Å². The van der Waals surface area contributed by atoms with Gasteiger partial charge in [0.05, 0.1) is 0 Å². The maximum Gasteiger partial charge on any atom is 0.320 e. The van der Waals surface area contributed by atoms with Crippen LogP contribution >= 0.6 is 0 Å². The lowest BCUT2D eigenvalue weighted by atomic mass is 10.1. The summed E-state index contributed by atoms with van der Waals surface area (Å²) in [6.45, 7) is 2.01. The Morgan fingerprint density at radius 2 is 1.57 bits per heavy atom. The summed E-state index contributed by atoms with van der Waals surface area (Å²) in [5.41, 5.74) is 11.5. The highest BCUT2D eigenvalue weighted by Gasteiger charge is 2.11. The predicted octanol–water partition coefficient (Wildman–Crippen LogP) is 1.23. The van der Waals surface area contributed by atoms with Crippen molar-refractivity contribution in [2.45, 2.75) is 44.7 Å². The molecule has 1 aromatic carbocycles. The number of nitrogens with two attached hydrogens (primary N) is 2. The van der Waals surface area contributed by atoms with Gasteiger partial charge in [-0.05, 0) is 18.4 Å². The number of aliphatic carboxylic acids is 2. The number of hydrogen-bond donors (Lipinski definition) is 4. The third kappa shape index (κ3) is 9.59. The minimum absolute atomic E-state index is 0.385. The van der Waals surface area contributed by atoms with Crippen molar-refractivity contribution in [1.82, 2.24) is 0 Å². The van der Waals surface area contributed by atoms with Crippen LogP contribution in [0, 0.1) is 0 Å². The number of carboxylic acids is 2. The van der Waals surface area contributed by atoms with Gasteiger partial charge in [-0.15, -0.1) is 0 Å². The van der Waals surface area contributed by atoms with Crippen molar-refractivity contribution in [3.05, 3.63) is 35.9 Å². The zero-order chi connectivity index (χ0) is 16.3. The topological polar surface area (TPSA) is 127 Å². The summed E-state index contributed by atoms with van der Waals surface area (Å²) in [7, 11) is 0. The van der Waals surface area contributed by atoms with Crippen molar-refractivity contribution in [3.63, 3.8) is 0 Å². The summed E-state index contributed by atoms with van der Waals surface area (Å²) in [5.74, 6) is -1.86. The number of benzene rings is 1. The lowest BCUT2D eigenvalue weighted by Crippen LogP contribution is -2.32. The molecule has 2 atom stereocenters. The highest BCUT2D eigenvalue weighted by molar-refractivity contribution is 5.73. The van der Waals surface area contributed by atoms with Gasteiger partial charge in [-0.3, -0.25) is 9.59 Å². The average Bonchev–Trinajstić information content (AvgIpc) is 2.46. The molecular weight excluding hydrogens is 272 g/mol. The van der Waals surface area contributed by atoms with Gasteiger partial charge in [0.25, 0.3) is 0 Å². The summed E-state index contributed by atoms with van der Waals surface area (Å²) in [4.78, 5) is 20.5. The van der Waals surface area contributed by atoms with E-state index >= 15 is 0 Å². The fraction of sp³-hybridized carbons (Fsp3) is 0.467. The molecule has 21 heavy (non-hydrogen) atoms. The largest absolute Gasteiger partial charge is 0.480 e. The van der Waals surface area contributed by atoms with Crippen molar-refractivity contribution in [1.29, 1.82) is 0 Å². The zero-order valence-electron chi connectivity index (χ0n) is 12.2. The van der Waals surface area contributed by atoms with E-state index < -0.39 is 24.0 Å². The van der Waals surface area contributed by atoms with E-state index in [-0.39, 0.29) is 0 Å². The molecule has 0 aliphatic rings. The molecule has 1 rings (SSSR count). The van der Waals surface area contributed by atoms with Crippen LogP contribution in [0.1, 0.15) is 31.7 Å². The van der Waals surface area contributed by atoms with E-state index in [0.717, 1.165) is 18.4 Å². The van der Waals surface area contributed by atoms with Crippen LogP contribution in [-0.2, 0) is 16.0 Å². The molecule has 6 heteroatoms. The first-order valence-corrected chi connectivity index (χ1v) is 6.89. The van der Waals surface area contributed by atoms with Gasteiger partial charge in [0.2, 0.25) is 0 Å². The third-order valence-electron chi connectivity index (χ3n) is 2.80. The monoisotopic (exact) mass is 296 g/mol. The summed E-state index contributed by atoms with van der Waals surface area (Å²) < 4.78 is 0. The van der Waals surface area contributed by atoms with Gasteiger partial charge in [-0.25, -0.2) is 0 Å². The Labute approximate surface area is 124 Å². The average molecular weight is 296 g/mol. The maximum absolute atomic E-state index is 10.4. The van der Waals surface area contributed by atoms with Crippen LogP contribution in [0.25, 0.3) is 0 Å². The van der Waals surface area contributed by atoms with E-state index in [0.29, 0.717) is 12.8 Å². The number of carboxylic acid groups (broad SMARTS) is 2. The third-order valence-corrected chi connectivity index (χ3v) is 2.80. The minimum Gasteiger partial charge on any atom is -0.480 e. The molecule has 1 aromatic rings. The Balaban J connectivity index is 0.000000400. The highest BCUT2D eigenvalue weighted by Crippen LogP contribution is 2.01. The number of rotatable bonds is 7. The van der Waals surface area contributed by atoms with Gasteiger partial charge < -0.3 is 21.7 Å². The van der Waals surface area contributed by atoms with Crippen molar-refractivity contribution >= 4 is 11.9 Å². The van der Waals surface area contributed by atoms with Crippen LogP contribution in [0.5, 0.6) is 0 Å². The van der Waals surface area contributed by atoms with Crippen LogP contribution < -0.4 is 11.5 Å². The van der Waals surface area contributed by atoms with Crippen LogP contribution in [0.2, 0.25) is 0 Å². The summed E-state index contributed by atoms with van der Waals surface area (Å²) >= 11 is 0. The molecular formula is C15H24N2O4. The number of carbonyl (C=O) groups is 2. The minimum atomic E-state index is -0.959. The second-order valence-corrected chi connectivity index (χ2v) is 4.72. The van der Waals surface area contributed by atoms with E-state index in [9.17, 15) is 9.59 Å². The summed E-state index contributed by atoms with van der Waals surface area (Å²) in [6.07, 6.45) is 2.87. The van der Waals surface area contributed by atoms with Crippen molar-refractivity contribution in [2.75, 3.05) is 0 Å². The molecule has 0 saturated carbocycles. The predicted molar refractivity (Wildman–Crippen MR) is 80.9 cm³/mol. The van der Waals surface area contributed by atoms with Gasteiger partial charge in [0.15, 0.2) is 0 Å². The fourth-order valence-corrected chi connectivity index (χ4v) is 1.50. The first-order chi connectivity index (χ1) is 9.88. The lowest BCUT2D eigenvalue weighted by Gasteiger charge is -2.04. The van der Waals surface area contributed by atoms with E-state index in [2.05, 4.69) is 0 Å². The Bertz CT molecular complexity index is 423. The Kier molecular flexibility index (Phi) is 9.83. The van der Waals surface area contributed by atoms with Crippen LogP contribution in [0.3, 0.4) is 0 Å².